The zero-order chi connectivity index (χ0) is 17.9. The van der Waals surface area contributed by atoms with Crippen LogP contribution in [0, 0.1) is 0 Å². The van der Waals surface area contributed by atoms with Gasteiger partial charge in [-0.05, 0) is 12.1 Å². The van der Waals surface area contributed by atoms with Gasteiger partial charge in [0, 0.05) is 18.8 Å². The average Bonchev–Trinajstić information content (AvgIpc) is 2.90. The van der Waals surface area contributed by atoms with E-state index in [9.17, 15) is 26.7 Å². The number of carbonyl (C=O) groups excluding carboxylic acids is 1. The molecule has 0 saturated carbocycles. The Morgan fingerprint density at radius 3 is 2.46 bits per heavy atom. The van der Waals surface area contributed by atoms with Crippen LogP contribution in [-0.2, 0) is 7.05 Å². The number of carbonyl (C=O) groups is 1. The maximum atomic E-state index is 13.3. The van der Waals surface area contributed by atoms with Crippen molar-refractivity contribution >= 4 is 5.91 Å². The quantitative estimate of drug-likeness (QED) is 0.844. The van der Waals surface area contributed by atoms with Crippen molar-refractivity contribution in [2.24, 2.45) is 7.05 Å². The average molecular weight is 349 g/mol. The minimum Gasteiger partial charge on any atom is -0.434 e. The minimum atomic E-state index is -4.92. The van der Waals surface area contributed by atoms with Crippen molar-refractivity contribution in [2.75, 3.05) is 0 Å². The number of benzene rings is 1. The number of ether oxygens (including phenoxy) is 1. The molecule has 5 nitrogen and oxygen atoms in total. The maximum Gasteiger partial charge on any atom is 0.413 e. The van der Waals surface area contributed by atoms with Gasteiger partial charge in [-0.2, -0.15) is 27.1 Å². The van der Waals surface area contributed by atoms with E-state index in [1.54, 1.807) is 5.32 Å². The fourth-order valence-electron chi connectivity index (χ4n) is 2.06. The molecule has 0 aliphatic rings. The molecule has 0 saturated heterocycles. The maximum absolute atomic E-state index is 13.3. The van der Waals surface area contributed by atoms with Crippen LogP contribution < -0.4 is 10.1 Å². The van der Waals surface area contributed by atoms with Crippen LogP contribution in [0.2, 0.25) is 0 Å². The van der Waals surface area contributed by atoms with Gasteiger partial charge < -0.3 is 10.1 Å². The van der Waals surface area contributed by atoms with E-state index in [-0.39, 0.29) is 5.69 Å². The van der Waals surface area contributed by atoms with Crippen molar-refractivity contribution in [2.45, 2.75) is 18.8 Å². The third-order valence-electron chi connectivity index (χ3n) is 3.10. The number of aryl methyl sites for hydroxylation is 1. The van der Waals surface area contributed by atoms with E-state index in [1.807, 2.05) is 0 Å². The predicted octanol–water partition coefficient (Wildman–Crippen LogP) is 3.05. The summed E-state index contributed by atoms with van der Waals surface area (Å²) in [4.78, 5) is 12.0. The van der Waals surface area contributed by atoms with Crippen LogP contribution in [0.15, 0.2) is 36.5 Å². The van der Waals surface area contributed by atoms with Crippen molar-refractivity contribution in [1.82, 2.24) is 15.1 Å². The van der Waals surface area contributed by atoms with E-state index in [2.05, 4.69) is 9.84 Å². The molecule has 1 aromatic carbocycles. The Morgan fingerprint density at radius 2 is 1.92 bits per heavy atom. The van der Waals surface area contributed by atoms with E-state index in [0.29, 0.717) is 0 Å². The summed E-state index contributed by atoms with van der Waals surface area (Å²) in [5, 5.41) is 5.47. The number of nitrogens with zero attached hydrogens (tertiary/aromatic N) is 2. The van der Waals surface area contributed by atoms with E-state index in [0.717, 1.165) is 16.8 Å². The van der Waals surface area contributed by atoms with Crippen molar-refractivity contribution in [1.29, 1.82) is 0 Å². The molecule has 24 heavy (non-hydrogen) atoms. The molecule has 1 aromatic heterocycles. The Balaban J connectivity index is 2.37. The number of amides is 1. The fourth-order valence-corrected chi connectivity index (χ4v) is 2.06. The number of para-hydroxylation sites is 1. The molecule has 1 N–H and O–H groups in total. The van der Waals surface area contributed by atoms with Crippen molar-refractivity contribution in [3.05, 3.63) is 47.8 Å². The summed E-state index contributed by atoms with van der Waals surface area (Å²) in [6.07, 6.45) is -3.68. The second-order valence-corrected chi connectivity index (χ2v) is 4.70. The summed E-state index contributed by atoms with van der Waals surface area (Å²) >= 11 is 0. The molecule has 2 rings (SSSR count). The molecule has 2 aromatic rings. The molecular formula is C14H12F5N3O2. The monoisotopic (exact) mass is 349 g/mol. The van der Waals surface area contributed by atoms with E-state index >= 15 is 0 Å². The number of halogens is 5. The molecule has 0 fully saturated rings. The smallest absolute Gasteiger partial charge is 0.413 e. The van der Waals surface area contributed by atoms with Gasteiger partial charge in [-0.25, -0.2) is 0 Å². The lowest BCUT2D eigenvalue weighted by atomic mass is 10.0. The number of hydrogen-bond acceptors (Lipinski definition) is 3. The van der Waals surface area contributed by atoms with Crippen LogP contribution in [0.5, 0.6) is 5.75 Å². The molecular weight excluding hydrogens is 337 g/mol. The molecule has 130 valence electrons. The van der Waals surface area contributed by atoms with Crippen molar-refractivity contribution < 1.29 is 31.5 Å². The van der Waals surface area contributed by atoms with E-state index in [4.69, 9.17) is 0 Å². The molecule has 0 unspecified atom stereocenters. The molecule has 0 aliphatic carbocycles. The highest BCUT2D eigenvalue weighted by molar-refractivity contribution is 5.92. The summed E-state index contributed by atoms with van der Waals surface area (Å²) in [6, 6.07) is 3.11. The van der Waals surface area contributed by atoms with Crippen LogP contribution in [-0.4, -0.2) is 28.5 Å². The second-order valence-electron chi connectivity index (χ2n) is 4.70. The van der Waals surface area contributed by atoms with Gasteiger partial charge in [0.1, 0.15) is 11.4 Å². The third kappa shape index (κ3) is 4.00. The van der Waals surface area contributed by atoms with Crippen LogP contribution in [0.25, 0.3) is 0 Å². The van der Waals surface area contributed by atoms with Crippen LogP contribution in [0.1, 0.15) is 22.1 Å². The Bertz CT molecular complexity index is 714. The molecule has 0 bridgehead atoms. The lowest BCUT2D eigenvalue weighted by Crippen LogP contribution is -2.39. The Hall–Kier alpha value is -2.65. The highest BCUT2D eigenvalue weighted by Gasteiger charge is 2.44. The Labute approximate surface area is 133 Å². The molecule has 10 heteroatoms. The van der Waals surface area contributed by atoms with Crippen molar-refractivity contribution in [3.8, 4) is 5.75 Å². The van der Waals surface area contributed by atoms with E-state index < -0.39 is 36.0 Å². The fraction of sp³-hybridized carbons (Fsp3) is 0.286. The summed E-state index contributed by atoms with van der Waals surface area (Å²) in [6.45, 7) is -3.30. The van der Waals surface area contributed by atoms with Crippen molar-refractivity contribution in [3.63, 3.8) is 0 Å². The summed E-state index contributed by atoms with van der Waals surface area (Å²) in [5.41, 5.74) is -0.739. The first-order valence-corrected chi connectivity index (χ1v) is 6.59. The van der Waals surface area contributed by atoms with Gasteiger partial charge >= 0.3 is 12.8 Å². The number of alkyl halides is 5. The lowest BCUT2D eigenvalue weighted by molar-refractivity contribution is -0.156. The molecule has 0 spiro atoms. The standard InChI is InChI=1S/C14H12F5N3O2/c1-22-9(6-7-20-22)12(23)21-11(14(17,18)19)8-4-2-3-5-10(8)24-13(15)16/h2-7,11,13H,1H3,(H,21,23)/t11-/m0/s1. The minimum absolute atomic E-state index is 0.114. The number of rotatable bonds is 5. The Morgan fingerprint density at radius 1 is 1.25 bits per heavy atom. The second kappa shape index (κ2) is 6.85. The molecule has 1 amide bonds. The van der Waals surface area contributed by atoms with E-state index in [1.165, 1.54) is 31.4 Å². The summed E-state index contributed by atoms with van der Waals surface area (Å²) in [7, 11) is 1.38. The first-order valence-electron chi connectivity index (χ1n) is 6.59. The highest BCUT2D eigenvalue weighted by atomic mass is 19.4. The summed E-state index contributed by atoms with van der Waals surface area (Å²) < 4.78 is 70.0. The first kappa shape index (κ1) is 17.7. The highest BCUT2D eigenvalue weighted by Crippen LogP contribution is 2.37. The zero-order valence-electron chi connectivity index (χ0n) is 12.2. The predicted molar refractivity (Wildman–Crippen MR) is 72.5 cm³/mol. The first-order chi connectivity index (χ1) is 11.2. The topological polar surface area (TPSA) is 56.2 Å². The normalized spacial score (nSPS) is 13.0. The lowest BCUT2D eigenvalue weighted by Gasteiger charge is -2.24. The number of aromatic nitrogens is 2. The Kier molecular flexibility index (Phi) is 5.05. The SMILES string of the molecule is Cn1nccc1C(=O)N[C@@H](c1ccccc1OC(F)F)C(F)(F)F. The van der Waals surface area contributed by atoms with Gasteiger partial charge in [-0.1, -0.05) is 18.2 Å². The summed E-state index contributed by atoms with van der Waals surface area (Å²) in [5.74, 6) is -1.72. The van der Waals surface area contributed by atoms with Crippen LogP contribution >= 0.6 is 0 Å². The number of nitrogens with one attached hydrogen (secondary N) is 1. The van der Waals surface area contributed by atoms with Gasteiger partial charge in [0.15, 0.2) is 6.04 Å². The zero-order valence-corrected chi connectivity index (χ0v) is 12.2. The van der Waals surface area contributed by atoms with Gasteiger partial charge in [0.25, 0.3) is 5.91 Å². The third-order valence-corrected chi connectivity index (χ3v) is 3.10. The van der Waals surface area contributed by atoms with Crippen LogP contribution in [0.3, 0.4) is 0 Å². The molecule has 1 heterocycles. The van der Waals surface area contributed by atoms with Gasteiger partial charge in [0.2, 0.25) is 0 Å². The molecule has 0 aliphatic heterocycles. The van der Waals surface area contributed by atoms with Crippen LogP contribution in [0.4, 0.5) is 22.0 Å². The number of hydrogen-bond donors (Lipinski definition) is 1. The van der Waals surface area contributed by atoms with Gasteiger partial charge in [-0.15, -0.1) is 0 Å². The van der Waals surface area contributed by atoms with Gasteiger partial charge in [0.05, 0.1) is 0 Å². The molecule has 1 atom stereocenters. The molecule has 0 radical (unpaired) electrons. The largest absolute Gasteiger partial charge is 0.434 e. The van der Waals surface area contributed by atoms with Gasteiger partial charge in [-0.3, -0.25) is 9.48 Å².